The van der Waals surface area contributed by atoms with E-state index in [1.54, 1.807) is 29.1 Å². The van der Waals surface area contributed by atoms with Crippen molar-refractivity contribution in [3.63, 3.8) is 0 Å². The van der Waals surface area contributed by atoms with Gasteiger partial charge in [-0.25, -0.2) is 0 Å². The van der Waals surface area contributed by atoms with Crippen LogP contribution in [0, 0.1) is 29.1 Å². The lowest BCUT2D eigenvalue weighted by molar-refractivity contribution is -0.114. The van der Waals surface area contributed by atoms with Gasteiger partial charge < -0.3 is 31.4 Å². The number of fused-ring (bicyclic) bond motifs is 9. The maximum Gasteiger partial charge on any atom is 0.165 e. The fraction of sp³-hybridized carbons (Fsp3) is 0.382. The van der Waals surface area contributed by atoms with Gasteiger partial charge in [-0.1, -0.05) is 101 Å². The maximum absolute atomic E-state index is 14.2. The Bertz CT molecular complexity index is 2570. The molecule has 1 aliphatic heterocycles. The number of nitrogens with one attached hydrogen (secondary N) is 1. The normalized spacial score (nSPS) is 21.0. The van der Waals surface area contributed by atoms with E-state index in [0.29, 0.717) is 60.1 Å². The summed E-state index contributed by atoms with van der Waals surface area (Å²) in [6.45, 7) is 2.62. The van der Waals surface area contributed by atoms with Crippen molar-refractivity contribution in [3.05, 3.63) is 159 Å². The van der Waals surface area contributed by atoms with Crippen molar-refractivity contribution in [1.29, 1.82) is 0 Å². The molecule has 0 spiro atoms. The molecule has 1 saturated carbocycles. The lowest BCUT2D eigenvalue weighted by Gasteiger charge is -2.28. The fourth-order valence-corrected chi connectivity index (χ4v) is 12.4. The lowest BCUT2D eigenvalue weighted by Crippen LogP contribution is -2.22. The first kappa shape index (κ1) is 46.4. The van der Waals surface area contributed by atoms with E-state index in [-0.39, 0.29) is 41.5 Å². The number of aromatic hydroxyl groups is 2. The number of carbonyl (C=O) groups is 2. The minimum absolute atomic E-state index is 0.0257. The predicted octanol–water partition coefficient (Wildman–Crippen LogP) is 11.1. The molecule has 8 nitrogen and oxygen atoms in total. The molecule has 2 aliphatic carbocycles. The van der Waals surface area contributed by atoms with Gasteiger partial charge in [0.2, 0.25) is 0 Å². The SMILES string of the molecule is CC(CCc1ccccc1)CCC12C=CC(=O)CCc3ccc(O)c(c3)OCCc3ccc(O)c(c3)C3CC(=O)c4cc[nH]c4CC#Cc4cc(C(N)N)c(cc43)CSSCC(CC1)C2. The number of carbonyl (C=O) groups excluding carboxylic acids is 2. The van der Waals surface area contributed by atoms with E-state index in [1.807, 2.05) is 53.3 Å². The number of phenolic OH excluding ortho intramolecular Hbond substituents is 2. The maximum atomic E-state index is 14.2. The number of phenols is 2. The number of hydrogen-bond donors (Lipinski definition) is 5. The van der Waals surface area contributed by atoms with Crippen LogP contribution in [0.1, 0.15) is 131 Å². The van der Waals surface area contributed by atoms with E-state index in [4.69, 9.17) is 16.2 Å². The van der Waals surface area contributed by atoms with Crippen LogP contribution < -0.4 is 16.2 Å². The molecule has 5 aromatic rings. The van der Waals surface area contributed by atoms with Crippen molar-refractivity contribution in [3.8, 4) is 29.1 Å². The van der Waals surface area contributed by atoms with Crippen molar-refractivity contribution < 1.29 is 24.5 Å². The molecule has 4 atom stereocenters. The van der Waals surface area contributed by atoms with E-state index >= 15 is 0 Å². The van der Waals surface area contributed by atoms with Crippen LogP contribution in [-0.2, 0) is 36.2 Å². The summed E-state index contributed by atoms with van der Waals surface area (Å²) in [6.07, 6.45) is 14.6. The highest BCUT2D eigenvalue weighted by Crippen LogP contribution is 2.49. The van der Waals surface area contributed by atoms with Gasteiger partial charge in [0.05, 0.1) is 19.2 Å². The third-order valence-electron chi connectivity index (χ3n) is 13.7. The monoisotopic (exact) mass is 907 g/mol. The summed E-state index contributed by atoms with van der Waals surface area (Å²) in [5.74, 6) is 9.45. The zero-order chi connectivity index (χ0) is 45.3. The number of Topliss-reactive ketones (excluding diaryl/α,β-unsaturated/α-hetero) is 1. The van der Waals surface area contributed by atoms with E-state index in [2.05, 4.69) is 66.2 Å². The molecule has 0 radical (unpaired) electrons. The number of aromatic nitrogens is 1. The lowest BCUT2D eigenvalue weighted by atomic mass is 9.78. The number of ketones is 2. The van der Waals surface area contributed by atoms with Gasteiger partial charge in [0.25, 0.3) is 0 Å². The number of nitrogens with two attached hydrogens (primary N) is 2. The van der Waals surface area contributed by atoms with Crippen LogP contribution >= 0.6 is 21.6 Å². The van der Waals surface area contributed by atoms with E-state index < -0.39 is 12.1 Å². The van der Waals surface area contributed by atoms with Crippen LogP contribution in [0.5, 0.6) is 17.2 Å². The van der Waals surface area contributed by atoms with Gasteiger partial charge in [-0.3, -0.25) is 9.59 Å². The van der Waals surface area contributed by atoms with Crippen LogP contribution in [0.4, 0.5) is 0 Å². The van der Waals surface area contributed by atoms with E-state index in [9.17, 15) is 19.8 Å². The van der Waals surface area contributed by atoms with Crippen LogP contribution in [0.25, 0.3) is 0 Å². The third kappa shape index (κ3) is 11.8. The van der Waals surface area contributed by atoms with Gasteiger partial charge in [-0.2, -0.15) is 0 Å². The first-order valence-electron chi connectivity index (χ1n) is 23.2. The summed E-state index contributed by atoms with van der Waals surface area (Å²) in [6, 6.07) is 27.4. The minimum Gasteiger partial charge on any atom is -0.508 e. The Kier molecular flexibility index (Phi) is 15.3. The highest BCUT2D eigenvalue weighted by molar-refractivity contribution is 8.76. The molecule has 8 bridgehead atoms. The van der Waals surface area contributed by atoms with Crippen LogP contribution in [0.15, 0.2) is 103 Å². The van der Waals surface area contributed by atoms with Crippen molar-refractivity contribution in [1.82, 2.24) is 4.98 Å². The number of aryl methyl sites for hydroxylation is 2. The summed E-state index contributed by atoms with van der Waals surface area (Å²) >= 11 is 0. The number of benzene rings is 4. The molecule has 7 N–H and O–H groups in total. The number of H-pyrrole nitrogens is 1. The van der Waals surface area contributed by atoms with Crippen LogP contribution in [0.3, 0.4) is 0 Å². The van der Waals surface area contributed by atoms with Gasteiger partial charge in [-0.15, -0.1) is 0 Å². The molecule has 10 heteroatoms. The second kappa shape index (κ2) is 21.4. The van der Waals surface area contributed by atoms with Gasteiger partial charge in [0.15, 0.2) is 23.1 Å². The first-order chi connectivity index (χ1) is 31.5. The molecule has 4 unspecified atom stereocenters. The first-order valence-corrected chi connectivity index (χ1v) is 25.6. The highest BCUT2D eigenvalue weighted by atomic mass is 33.1. The Morgan fingerprint density at radius 2 is 1.72 bits per heavy atom. The number of rotatable bonds is 7. The van der Waals surface area contributed by atoms with Crippen molar-refractivity contribution >= 4 is 33.2 Å². The summed E-state index contributed by atoms with van der Waals surface area (Å²) in [4.78, 5) is 30.9. The topological polar surface area (TPSA) is 152 Å². The Morgan fingerprint density at radius 3 is 2.55 bits per heavy atom. The average Bonchev–Trinajstić information content (AvgIpc) is 3.96. The quantitative estimate of drug-likeness (QED) is 0.0610. The van der Waals surface area contributed by atoms with Gasteiger partial charge in [0, 0.05) is 65.3 Å². The van der Waals surface area contributed by atoms with Gasteiger partial charge in [0.1, 0.15) is 5.75 Å². The number of allylic oxidation sites excluding steroid dienone is 2. The second-order valence-electron chi connectivity index (χ2n) is 18.5. The molecular formula is C55H61N3O5S2. The molecule has 338 valence electrons. The molecule has 2 heterocycles. The summed E-state index contributed by atoms with van der Waals surface area (Å²) in [5.41, 5.74) is 21.5. The van der Waals surface area contributed by atoms with E-state index in [0.717, 1.165) is 89.8 Å². The standard InChI is InChI=1S/C55H61N3O5S2/c1-36(10-11-37-6-3-2-4-7-37)18-23-55-24-19-40(33-55)34-64-65-35-42-31-45-41(30-46(42)54(56)57)8-5-9-49-44(21-26-58-49)52(62)32-47(45)48-28-39(13-16-50(48)60)22-27-63-53-29-38(14-17-51(53)61)12-15-43(59)20-25-55/h2-4,6-7,13-14,16-17,20-21,25-26,28-31,36,40,47,54,58,60-61H,9-12,15,18-19,22-24,27,32-35,56-57H2,1H3. The van der Waals surface area contributed by atoms with Crippen molar-refractivity contribution in [2.45, 2.75) is 102 Å². The predicted molar refractivity (Wildman–Crippen MR) is 264 cm³/mol. The Labute approximate surface area is 391 Å². The Hall–Kier alpha value is -5.18. The molecule has 3 aliphatic rings. The molecule has 4 aromatic carbocycles. The number of hydrogen-bond acceptors (Lipinski definition) is 9. The van der Waals surface area contributed by atoms with Crippen LogP contribution in [-0.4, -0.2) is 39.1 Å². The fourth-order valence-electron chi connectivity index (χ4n) is 9.86. The Balaban J connectivity index is 1.10. The zero-order valence-electron chi connectivity index (χ0n) is 37.3. The summed E-state index contributed by atoms with van der Waals surface area (Å²) in [7, 11) is 3.66. The zero-order valence-corrected chi connectivity index (χ0v) is 39.0. The molecule has 65 heavy (non-hydrogen) atoms. The number of aromatic amines is 1. The van der Waals surface area contributed by atoms with E-state index in [1.165, 1.54) is 5.56 Å². The summed E-state index contributed by atoms with van der Waals surface area (Å²) < 4.78 is 6.17. The second-order valence-corrected chi connectivity index (χ2v) is 21.0. The molecule has 8 rings (SSSR count). The molecule has 1 fully saturated rings. The molecule has 0 amide bonds. The third-order valence-corrected chi connectivity index (χ3v) is 16.2. The number of ether oxygens (including phenoxy) is 1. The summed E-state index contributed by atoms with van der Waals surface area (Å²) in [5, 5.41) is 22.3. The minimum atomic E-state index is -0.735. The molecule has 0 saturated heterocycles. The average molecular weight is 908 g/mol. The smallest absolute Gasteiger partial charge is 0.165 e. The molecular weight excluding hydrogens is 847 g/mol. The van der Waals surface area contributed by atoms with Gasteiger partial charge >= 0.3 is 0 Å². The van der Waals surface area contributed by atoms with Gasteiger partial charge in [-0.05, 0) is 138 Å². The molecule has 1 aromatic heterocycles. The van der Waals surface area contributed by atoms with Crippen molar-refractivity contribution in [2.75, 3.05) is 12.4 Å². The highest BCUT2D eigenvalue weighted by Gasteiger charge is 2.37. The largest absolute Gasteiger partial charge is 0.508 e. The van der Waals surface area contributed by atoms with Crippen molar-refractivity contribution in [2.24, 2.45) is 28.7 Å². The Morgan fingerprint density at radius 1 is 0.908 bits per heavy atom. The van der Waals surface area contributed by atoms with Crippen LogP contribution in [0.2, 0.25) is 0 Å².